The third kappa shape index (κ3) is 2.66. The Morgan fingerprint density at radius 1 is 1.33 bits per heavy atom. The molecule has 1 atom stereocenters. The van der Waals surface area contributed by atoms with Crippen molar-refractivity contribution >= 4 is 11.9 Å². The van der Waals surface area contributed by atoms with Gasteiger partial charge in [0.1, 0.15) is 5.69 Å². The molecule has 0 saturated carbocycles. The van der Waals surface area contributed by atoms with E-state index in [1.165, 1.54) is 0 Å². The number of hydrogen-bond donors (Lipinski definition) is 1. The second-order valence-electron chi connectivity index (χ2n) is 6.37. The zero-order valence-electron chi connectivity index (χ0n) is 13.0. The van der Waals surface area contributed by atoms with Gasteiger partial charge in [-0.1, -0.05) is 13.8 Å². The number of aromatic nitrogens is 2. The fraction of sp³-hybridized carbons (Fsp3) is 0.667. The highest BCUT2D eigenvalue weighted by molar-refractivity contribution is 5.93. The van der Waals surface area contributed by atoms with Crippen LogP contribution in [0.15, 0.2) is 12.3 Å². The third-order valence-corrected chi connectivity index (χ3v) is 4.48. The topological polar surface area (TPSA) is 75.4 Å². The quantitative estimate of drug-likeness (QED) is 0.921. The molecule has 1 amide bonds. The molecule has 1 aromatic rings. The minimum Gasteiger partial charge on any atom is -0.481 e. The zero-order valence-corrected chi connectivity index (χ0v) is 13.0. The molecule has 1 aliphatic heterocycles. The maximum atomic E-state index is 12.5. The Hall–Kier alpha value is -1.85. The fourth-order valence-corrected chi connectivity index (χ4v) is 2.80. The molecule has 1 fully saturated rings. The molecule has 1 N–H and O–H groups in total. The van der Waals surface area contributed by atoms with Crippen LogP contribution in [0.25, 0.3) is 0 Å². The zero-order chi connectivity index (χ0) is 15.8. The fourth-order valence-electron chi connectivity index (χ4n) is 2.80. The van der Waals surface area contributed by atoms with E-state index in [0.717, 1.165) is 0 Å². The minimum atomic E-state index is -0.837. The smallest absolute Gasteiger partial charge is 0.311 e. The SMILES string of the molecule is CC(C)n1ccc(C(=O)N2CCC(C(=O)O)(C(C)C)C2)n1. The summed E-state index contributed by atoms with van der Waals surface area (Å²) in [6.45, 7) is 8.51. The van der Waals surface area contributed by atoms with Gasteiger partial charge in [0.2, 0.25) is 0 Å². The highest BCUT2D eigenvalue weighted by atomic mass is 16.4. The molecule has 1 aliphatic rings. The summed E-state index contributed by atoms with van der Waals surface area (Å²) in [5.74, 6) is -1.01. The number of carbonyl (C=O) groups excluding carboxylic acids is 1. The van der Waals surface area contributed by atoms with Crippen LogP contribution in [0.5, 0.6) is 0 Å². The predicted molar refractivity (Wildman–Crippen MR) is 78.0 cm³/mol. The highest BCUT2D eigenvalue weighted by Gasteiger charge is 2.48. The molecule has 0 aliphatic carbocycles. The summed E-state index contributed by atoms with van der Waals surface area (Å²) in [6, 6.07) is 1.89. The standard InChI is InChI=1S/C15H23N3O3/c1-10(2)15(14(20)21)6-8-17(9-15)13(19)12-5-7-18(16-12)11(3)4/h5,7,10-11H,6,8-9H2,1-4H3,(H,20,21). The van der Waals surface area contributed by atoms with Gasteiger partial charge in [-0.2, -0.15) is 5.10 Å². The van der Waals surface area contributed by atoms with Crippen molar-refractivity contribution in [3.8, 4) is 0 Å². The van der Waals surface area contributed by atoms with Crippen LogP contribution in [0.2, 0.25) is 0 Å². The number of nitrogens with zero attached hydrogens (tertiary/aromatic N) is 3. The van der Waals surface area contributed by atoms with Gasteiger partial charge in [0, 0.05) is 25.3 Å². The van der Waals surface area contributed by atoms with Crippen molar-refractivity contribution < 1.29 is 14.7 Å². The van der Waals surface area contributed by atoms with E-state index in [1.807, 2.05) is 27.7 Å². The van der Waals surface area contributed by atoms with Crippen LogP contribution in [0, 0.1) is 11.3 Å². The monoisotopic (exact) mass is 293 g/mol. The van der Waals surface area contributed by atoms with E-state index >= 15 is 0 Å². The first-order valence-electron chi connectivity index (χ1n) is 7.36. The summed E-state index contributed by atoms with van der Waals surface area (Å²) in [7, 11) is 0. The second kappa shape index (κ2) is 5.50. The lowest BCUT2D eigenvalue weighted by molar-refractivity contribution is -0.150. The van der Waals surface area contributed by atoms with Crippen molar-refractivity contribution in [1.82, 2.24) is 14.7 Å². The summed E-state index contributed by atoms with van der Waals surface area (Å²) in [4.78, 5) is 25.7. The first-order chi connectivity index (χ1) is 9.78. The summed E-state index contributed by atoms with van der Waals surface area (Å²) >= 11 is 0. The molecule has 0 spiro atoms. The van der Waals surface area contributed by atoms with Gasteiger partial charge in [-0.15, -0.1) is 0 Å². The maximum absolute atomic E-state index is 12.5. The summed E-state index contributed by atoms with van der Waals surface area (Å²) in [6.07, 6.45) is 2.28. The molecular formula is C15H23N3O3. The lowest BCUT2D eigenvalue weighted by Gasteiger charge is -2.28. The predicted octanol–water partition coefficient (Wildman–Crippen LogP) is 2.04. The average Bonchev–Trinajstić information content (AvgIpc) is 3.06. The molecule has 2 heterocycles. The van der Waals surface area contributed by atoms with Gasteiger partial charge in [-0.25, -0.2) is 0 Å². The molecule has 6 heteroatoms. The molecule has 0 radical (unpaired) electrons. The molecule has 21 heavy (non-hydrogen) atoms. The van der Waals surface area contributed by atoms with E-state index in [-0.39, 0.29) is 24.4 Å². The minimum absolute atomic E-state index is 0.0129. The number of amides is 1. The normalized spacial score (nSPS) is 22.3. The lowest BCUT2D eigenvalue weighted by Crippen LogP contribution is -2.40. The molecule has 2 rings (SSSR count). The first kappa shape index (κ1) is 15.5. The third-order valence-electron chi connectivity index (χ3n) is 4.48. The Balaban J connectivity index is 2.16. The number of hydrogen-bond acceptors (Lipinski definition) is 3. The van der Waals surface area contributed by atoms with Gasteiger partial charge in [0.25, 0.3) is 5.91 Å². The number of carboxylic acid groups (broad SMARTS) is 1. The first-order valence-corrected chi connectivity index (χ1v) is 7.36. The molecule has 1 aromatic heterocycles. The van der Waals surface area contributed by atoms with Crippen LogP contribution in [0.1, 0.15) is 50.6 Å². The van der Waals surface area contributed by atoms with Gasteiger partial charge in [-0.3, -0.25) is 14.3 Å². The van der Waals surface area contributed by atoms with Gasteiger partial charge >= 0.3 is 5.97 Å². The van der Waals surface area contributed by atoms with Crippen LogP contribution in [-0.2, 0) is 4.79 Å². The van der Waals surface area contributed by atoms with Crippen molar-refractivity contribution in [2.75, 3.05) is 13.1 Å². The van der Waals surface area contributed by atoms with Crippen LogP contribution in [0.4, 0.5) is 0 Å². The highest BCUT2D eigenvalue weighted by Crippen LogP contribution is 2.38. The molecule has 1 saturated heterocycles. The number of likely N-dealkylation sites (tertiary alicyclic amines) is 1. The van der Waals surface area contributed by atoms with Crippen molar-refractivity contribution in [2.45, 2.75) is 40.2 Å². The van der Waals surface area contributed by atoms with Crippen molar-refractivity contribution in [3.63, 3.8) is 0 Å². The van der Waals surface area contributed by atoms with E-state index in [4.69, 9.17) is 0 Å². The van der Waals surface area contributed by atoms with Crippen molar-refractivity contribution in [2.24, 2.45) is 11.3 Å². The average molecular weight is 293 g/mol. The van der Waals surface area contributed by atoms with Gasteiger partial charge < -0.3 is 10.0 Å². The summed E-state index contributed by atoms with van der Waals surface area (Å²) < 4.78 is 1.73. The Labute approximate surface area is 124 Å². The number of carboxylic acids is 1. The van der Waals surface area contributed by atoms with Crippen molar-refractivity contribution in [3.05, 3.63) is 18.0 Å². The Morgan fingerprint density at radius 3 is 2.43 bits per heavy atom. The van der Waals surface area contributed by atoms with Crippen LogP contribution in [-0.4, -0.2) is 44.8 Å². The van der Waals surface area contributed by atoms with Gasteiger partial charge in [0.15, 0.2) is 0 Å². The Kier molecular flexibility index (Phi) is 4.07. The van der Waals surface area contributed by atoms with E-state index in [9.17, 15) is 14.7 Å². The van der Waals surface area contributed by atoms with Crippen LogP contribution in [0.3, 0.4) is 0 Å². The Morgan fingerprint density at radius 2 is 2.00 bits per heavy atom. The maximum Gasteiger partial charge on any atom is 0.311 e. The van der Waals surface area contributed by atoms with Crippen LogP contribution < -0.4 is 0 Å². The molecule has 1 unspecified atom stereocenters. The molecular weight excluding hydrogens is 270 g/mol. The van der Waals surface area contributed by atoms with Crippen molar-refractivity contribution in [1.29, 1.82) is 0 Å². The summed E-state index contributed by atoms with van der Waals surface area (Å²) in [5.41, 5.74) is -0.454. The molecule has 0 bridgehead atoms. The molecule has 116 valence electrons. The molecule has 0 aromatic carbocycles. The van der Waals surface area contributed by atoms with E-state index in [2.05, 4.69) is 5.10 Å². The number of aliphatic carboxylic acids is 1. The van der Waals surface area contributed by atoms with E-state index in [1.54, 1.807) is 21.8 Å². The van der Waals surface area contributed by atoms with Crippen LogP contribution >= 0.6 is 0 Å². The molecule has 6 nitrogen and oxygen atoms in total. The number of rotatable bonds is 4. The lowest BCUT2D eigenvalue weighted by atomic mass is 9.76. The number of carbonyl (C=O) groups is 2. The van der Waals surface area contributed by atoms with E-state index in [0.29, 0.717) is 18.7 Å². The summed E-state index contributed by atoms with van der Waals surface area (Å²) in [5, 5.41) is 13.8. The largest absolute Gasteiger partial charge is 0.481 e. The van der Waals surface area contributed by atoms with E-state index < -0.39 is 11.4 Å². The van der Waals surface area contributed by atoms with Gasteiger partial charge in [0.05, 0.1) is 5.41 Å². The Bertz CT molecular complexity index is 550. The van der Waals surface area contributed by atoms with Gasteiger partial charge in [-0.05, 0) is 32.3 Å². The second-order valence-corrected chi connectivity index (χ2v) is 6.37.